The molecule has 2 N–H and O–H groups in total. The van der Waals surface area contributed by atoms with E-state index >= 15 is 0 Å². The van der Waals surface area contributed by atoms with Crippen LogP contribution in [0.3, 0.4) is 0 Å². The van der Waals surface area contributed by atoms with Crippen LogP contribution >= 0.6 is 0 Å². The van der Waals surface area contributed by atoms with Crippen LogP contribution < -0.4 is 24.4 Å². The van der Waals surface area contributed by atoms with Crippen LogP contribution in [-0.2, 0) is 11.4 Å². The third-order valence-corrected chi connectivity index (χ3v) is 5.49. The van der Waals surface area contributed by atoms with Crippen molar-refractivity contribution in [1.29, 1.82) is 0 Å². The molecule has 1 heterocycles. The number of hydrogen-bond donors (Lipinski definition) is 2. The van der Waals surface area contributed by atoms with E-state index in [2.05, 4.69) is 5.32 Å². The van der Waals surface area contributed by atoms with Gasteiger partial charge in [0, 0.05) is 5.56 Å². The maximum atomic E-state index is 13.4. The van der Waals surface area contributed by atoms with Gasteiger partial charge in [-0.3, -0.25) is 14.5 Å². The molecule has 0 bridgehead atoms. The lowest BCUT2D eigenvalue weighted by atomic mass is 10.0. The maximum absolute atomic E-state index is 13.4. The van der Waals surface area contributed by atoms with Gasteiger partial charge in [0.1, 0.15) is 6.54 Å². The molecule has 33 heavy (non-hydrogen) atoms. The van der Waals surface area contributed by atoms with Crippen molar-refractivity contribution in [2.45, 2.75) is 6.61 Å². The van der Waals surface area contributed by atoms with Crippen LogP contribution in [-0.4, -0.2) is 44.8 Å². The van der Waals surface area contributed by atoms with Gasteiger partial charge in [-0.1, -0.05) is 30.3 Å². The fraction of sp³-hybridized carbons (Fsp3) is 0.200. The number of ether oxygens (including phenoxy) is 3. The van der Waals surface area contributed by atoms with Crippen LogP contribution in [0.5, 0.6) is 17.2 Å². The smallest absolute Gasteiger partial charge is 0.259 e. The summed E-state index contributed by atoms with van der Waals surface area (Å²) in [6.45, 7) is -0.147. The maximum Gasteiger partial charge on any atom is 0.259 e. The lowest BCUT2D eigenvalue weighted by Crippen LogP contribution is -2.42. The zero-order valence-corrected chi connectivity index (χ0v) is 18.5. The van der Waals surface area contributed by atoms with E-state index in [0.717, 1.165) is 16.7 Å². The standard InChI is InChI=1S/C25H24N2O6/c1-31-21-11-18(12-22(32-2)24(21)33-3)25(30)27-13-23(29)26-19-10-17(8-9-20(19)27)16-6-4-15(14-28)5-7-16/h4-12,28H,13-14H2,1-3H3,(H,26,29). The highest BCUT2D eigenvalue weighted by Gasteiger charge is 2.29. The van der Waals surface area contributed by atoms with Crippen molar-refractivity contribution in [2.24, 2.45) is 0 Å². The summed E-state index contributed by atoms with van der Waals surface area (Å²) in [6.07, 6.45) is 0. The van der Waals surface area contributed by atoms with E-state index in [0.29, 0.717) is 34.2 Å². The summed E-state index contributed by atoms with van der Waals surface area (Å²) in [4.78, 5) is 27.3. The Morgan fingerprint density at radius 3 is 2.15 bits per heavy atom. The molecule has 8 heteroatoms. The van der Waals surface area contributed by atoms with Crippen molar-refractivity contribution in [3.63, 3.8) is 0 Å². The minimum atomic E-state index is -0.370. The molecular formula is C25H24N2O6. The molecule has 170 valence electrons. The number of methoxy groups -OCH3 is 3. The van der Waals surface area contributed by atoms with Gasteiger partial charge < -0.3 is 24.6 Å². The van der Waals surface area contributed by atoms with Gasteiger partial charge in [-0.25, -0.2) is 0 Å². The number of nitrogens with zero attached hydrogens (tertiary/aromatic N) is 1. The van der Waals surface area contributed by atoms with Gasteiger partial charge in [0.05, 0.1) is 39.3 Å². The fourth-order valence-corrected chi connectivity index (χ4v) is 3.81. The van der Waals surface area contributed by atoms with Gasteiger partial charge >= 0.3 is 0 Å². The number of amides is 2. The van der Waals surface area contributed by atoms with Crippen molar-refractivity contribution in [2.75, 3.05) is 38.1 Å². The van der Waals surface area contributed by atoms with Crippen molar-refractivity contribution in [3.05, 3.63) is 65.7 Å². The number of rotatable bonds is 6. The first kappa shape index (κ1) is 22.2. The summed E-state index contributed by atoms with van der Waals surface area (Å²) in [5.41, 5.74) is 4.04. The summed E-state index contributed by atoms with van der Waals surface area (Å²) in [7, 11) is 4.44. The molecule has 0 spiro atoms. The Labute approximate surface area is 191 Å². The zero-order chi connectivity index (χ0) is 23.5. The molecule has 3 aromatic carbocycles. The first-order valence-electron chi connectivity index (χ1n) is 10.2. The molecule has 1 aliphatic rings. The van der Waals surface area contributed by atoms with Gasteiger partial charge in [0.15, 0.2) is 11.5 Å². The van der Waals surface area contributed by atoms with E-state index in [9.17, 15) is 14.7 Å². The van der Waals surface area contributed by atoms with E-state index in [4.69, 9.17) is 14.2 Å². The highest BCUT2D eigenvalue weighted by atomic mass is 16.5. The third-order valence-electron chi connectivity index (χ3n) is 5.49. The summed E-state index contributed by atoms with van der Waals surface area (Å²) in [6, 6.07) is 16.1. The van der Waals surface area contributed by atoms with Crippen LogP contribution in [0.15, 0.2) is 54.6 Å². The number of anilines is 2. The molecule has 0 aromatic heterocycles. The molecule has 3 aromatic rings. The first-order chi connectivity index (χ1) is 16.0. The first-order valence-corrected chi connectivity index (χ1v) is 10.2. The fourth-order valence-electron chi connectivity index (χ4n) is 3.81. The van der Waals surface area contributed by atoms with E-state index in [-0.39, 0.29) is 25.0 Å². The predicted octanol–water partition coefficient (Wildman–Crippen LogP) is 3.47. The van der Waals surface area contributed by atoms with Gasteiger partial charge in [-0.05, 0) is 41.0 Å². The van der Waals surface area contributed by atoms with Crippen molar-refractivity contribution >= 4 is 23.2 Å². The lowest BCUT2D eigenvalue weighted by Gasteiger charge is -2.30. The monoisotopic (exact) mass is 448 g/mol. The minimum Gasteiger partial charge on any atom is -0.493 e. The number of hydrogen-bond acceptors (Lipinski definition) is 6. The molecule has 0 atom stereocenters. The number of carbonyl (C=O) groups is 2. The summed E-state index contributed by atoms with van der Waals surface area (Å²) >= 11 is 0. The number of nitrogens with one attached hydrogen (secondary N) is 1. The van der Waals surface area contributed by atoms with E-state index < -0.39 is 0 Å². The van der Waals surface area contributed by atoms with Gasteiger partial charge in [0.25, 0.3) is 5.91 Å². The van der Waals surface area contributed by atoms with Crippen molar-refractivity contribution in [1.82, 2.24) is 0 Å². The Balaban J connectivity index is 1.72. The quantitative estimate of drug-likeness (QED) is 0.599. The summed E-state index contributed by atoms with van der Waals surface area (Å²) in [5, 5.41) is 12.1. The molecule has 4 rings (SSSR count). The topological polar surface area (TPSA) is 97.3 Å². The second-order valence-electron chi connectivity index (χ2n) is 7.44. The second kappa shape index (κ2) is 9.22. The highest BCUT2D eigenvalue weighted by molar-refractivity contribution is 6.15. The van der Waals surface area contributed by atoms with Crippen LogP contribution in [0.1, 0.15) is 15.9 Å². The van der Waals surface area contributed by atoms with Gasteiger partial charge in [0.2, 0.25) is 11.7 Å². The van der Waals surface area contributed by atoms with Crippen LogP contribution in [0.4, 0.5) is 11.4 Å². The molecule has 0 unspecified atom stereocenters. The number of aliphatic hydroxyl groups is 1. The molecule has 0 radical (unpaired) electrons. The van der Waals surface area contributed by atoms with Crippen LogP contribution in [0, 0.1) is 0 Å². The average molecular weight is 448 g/mol. The number of aliphatic hydroxyl groups excluding tert-OH is 1. The van der Waals surface area contributed by atoms with Gasteiger partial charge in [-0.15, -0.1) is 0 Å². The van der Waals surface area contributed by atoms with Crippen LogP contribution in [0.25, 0.3) is 11.1 Å². The summed E-state index contributed by atoms with van der Waals surface area (Å²) < 4.78 is 16.0. The average Bonchev–Trinajstić information content (AvgIpc) is 2.86. The van der Waals surface area contributed by atoms with E-state index in [1.54, 1.807) is 18.2 Å². The molecular weight excluding hydrogens is 424 g/mol. The minimum absolute atomic E-state index is 0.0292. The largest absolute Gasteiger partial charge is 0.493 e. The van der Waals surface area contributed by atoms with E-state index in [1.807, 2.05) is 36.4 Å². The predicted molar refractivity (Wildman–Crippen MR) is 124 cm³/mol. The number of carbonyl (C=O) groups excluding carboxylic acids is 2. The molecule has 0 aliphatic carbocycles. The number of benzene rings is 3. The molecule has 0 saturated carbocycles. The molecule has 0 saturated heterocycles. The Morgan fingerprint density at radius 1 is 0.939 bits per heavy atom. The second-order valence-corrected chi connectivity index (χ2v) is 7.44. The molecule has 0 fully saturated rings. The zero-order valence-electron chi connectivity index (χ0n) is 18.5. The van der Waals surface area contributed by atoms with Crippen LogP contribution in [0.2, 0.25) is 0 Å². The summed E-state index contributed by atoms with van der Waals surface area (Å²) in [5.74, 6) is 0.416. The SMILES string of the molecule is COc1cc(C(=O)N2CC(=O)Nc3cc(-c4ccc(CO)cc4)ccc32)cc(OC)c1OC. The Hall–Kier alpha value is -4.04. The molecule has 8 nitrogen and oxygen atoms in total. The van der Waals surface area contributed by atoms with Gasteiger partial charge in [-0.2, -0.15) is 0 Å². The number of fused-ring (bicyclic) bond motifs is 1. The normalized spacial score (nSPS) is 12.6. The molecule has 1 aliphatic heterocycles. The highest BCUT2D eigenvalue weighted by Crippen LogP contribution is 2.40. The Morgan fingerprint density at radius 2 is 1.58 bits per heavy atom. The van der Waals surface area contributed by atoms with Crippen molar-refractivity contribution < 1.29 is 28.9 Å². The Bertz CT molecular complexity index is 1180. The lowest BCUT2D eigenvalue weighted by molar-refractivity contribution is -0.115. The van der Waals surface area contributed by atoms with E-state index in [1.165, 1.54) is 26.2 Å². The third kappa shape index (κ3) is 4.20. The Kier molecular flexibility index (Phi) is 6.19. The van der Waals surface area contributed by atoms with Crippen molar-refractivity contribution in [3.8, 4) is 28.4 Å². The molecule has 2 amide bonds.